The number of hydrogen-bond acceptors (Lipinski definition) is 5. The van der Waals surface area contributed by atoms with Crippen LogP contribution in [0, 0.1) is 5.92 Å². The molecule has 0 aliphatic carbocycles. The second-order valence-corrected chi connectivity index (χ2v) is 6.37. The molecule has 1 fully saturated rings. The van der Waals surface area contributed by atoms with Crippen LogP contribution < -0.4 is 5.32 Å². The second-order valence-electron chi connectivity index (χ2n) is 5.50. The zero-order valence-electron chi connectivity index (χ0n) is 13.0. The number of thiazole rings is 1. The van der Waals surface area contributed by atoms with Crippen LogP contribution in [0.15, 0.2) is 17.8 Å². The van der Waals surface area contributed by atoms with Gasteiger partial charge in [-0.2, -0.15) is 0 Å². The molecule has 3 rings (SSSR count). The minimum Gasteiger partial charge on any atom is -0.466 e. The third-order valence-electron chi connectivity index (χ3n) is 3.97. The first kappa shape index (κ1) is 15.8. The number of carbonyl (C=O) groups is 2. The number of ether oxygens (including phenoxy) is 1. The number of piperidine rings is 1. The number of aromatic nitrogens is 2. The molecule has 0 aromatic carbocycles. The second kappa shape index (κ2) is 6.99. The molecule has 0 saturated carbocycles. The van der Waals surface area contributed by atoms with Gasteiger partial charge in [-0.25, -0.2) is 9.78 Å². The zero-order chi connectivity index (χ0) is 16.2. The molecule has 0 bridgehead atoms. The van der Waals surface area contributed by atoms with Crippen LogP contribution in [0.25, 0.3) is 4.96 Å². The Morgan fingerprint density at radius 3 is 2.91 bits per heavy atom. The van der Waals surface area contributed by atoms with Crippen molar-refractivity contribution in [2.24, 2.45) is 5.92 Å². The third kappa shape index (κ3) is 3.64. The van der Waals surface area contributed by atoms with Crippen molar-refractivity contribution in [1.82, 2.24) is 19.6 Å². The predicted molar refractivity (Wildman–Crippen MR) is 86.2 cm³/mol. The molecular formula is C15H20N4O3S. The van der Waals surface area contributed by atoms with E-state index in [0.29, 0.717) is 39.1 Å². The molecule has 1 saturated heterocycles. The van der Waals surface area contributed by atoms with E-state index in [0.717, 1.165) is 10.7 Å². The molecule has 8 heteroatoms. The van der Waals surface area contributed by atoms with Crippen molar-refractivity contribution in [1.29, 1.82) is 0 Å². The first-order chi connectivity index (χ1) is 11.2. The molecule has 1 N–H and O–H groups in total. The highest BCUT2D eigenvalue weighted by Gasteiger charge is 2.28. The third-order valence-corrected chi connectivity index (χ3v) is 4.74. The Morgan fingerprint density at radius 2 is 2.22 bits per heavy atom. The van der Waals surface area contributed by atoms with Gasteiger partial charge in [-0.15, -0.1) is 11.3 Å². The maximum atomic E-state index is 12.2. The van der Waals surface area contributed by atoms with Gasteiger partial charge >= 0.3 is 12.0 Å². The van der Waals surface area contributed by atoms with E-state index >= 15 is 0 Å². The summed E-state index contributed by atoms with van der Waals surface area (Å²) in [6, 6.07) is -0.108. The van der Waals surface area contributed by atoms with E-state index in [-0.39, 0.29) is 17.9 Å². The molecule has 23 heavy (non-hydrogen) atoms. The number of likely N-dealkylation sites (tertiary alicyclic amines) is 1. The highest BCUT2D eigenvalue weighted by Crippen LogP contribution is 2.19. The fraction of sp³-hybridized carbons (Fsp3) is 0.533. The van der Waals surface area contributed by atoms with Crippen LogP contribution in [0.2, 0.25) is 0 Å². The van der Waals surface area contributed by atoms with E-state index in [2.05, 4.69) is 10.3 Å². The lowest BCUT2D eigenvalue weighted by Crippen LogP contribution is -2.45. The maximum absolute atomic E-state index is 12.2. The molecule has 124 valence electrons. The quantitative estimate of drug-likeness (QED) is 0.865. The van der Waals surface area contributed by atoms with Crippen molar-refractivity contribution in [3.8, 4) is 0 Å². The minimum absolute atomic E-state index is 0.0843. The van der Waals surface area contributed by atoms with E-state index in [1.54, 1.807) is 23.2 Å². The zero-order valence-corrected chi connectivity index (χ0v) is 13.8. The Morgan fingerprint density at radius 1 is 1.43 bits per heavy atom. The topological polar surface area (TPSA) is 75.9 Å². The van der Waals surface area contributed by atoms with E-state index in [9.17, 15) is 9.59 Å². The fourth-order valence-electron chi connectivity index (χ4n) is 2.72. The van der Waals surface area contributed by atoms with Gasteiger partial charge in [-0.05, 0) is 19.8 Å². The summed E-state index contributed by atoms with van der Waals surface area (Å²) in [5.41, 5.74) is 0.839. The highest BCUT2D eigenvalue weighted by atomic mass is 32.1. The standard InChI is InChI=1S/C15H20N4O3S/c1-2-22-13(20)11-3-5-18(6-4-11)14(21)16-9-12-10-19-7-8-23-15(19)17-12/h7-8,10-11H,2-6,9H2,1H3,(H,16,21). The lowest BCUT2D eigenvalue weighted by Gasteiger charge is -2.30. The van der Waals surface area contributed by atoms with Gasteiger partial charge in [0.1, 0.15) is 0 Å². The number of fused-ring (bicyclic) bond motifs is 1. The van der Waals surface area contributed by atoms with Crippen molar-refractivity contribution in [2.75, 3.05) is 19.7 Å². The predicted octanol–water partition coefficient (Wildman–Crippen LogP) is 1.88. The van der Waals surface area contributed by atoms with Gasteiger partial charge in [-0.3, -0.25) is 9.20 Å². The summed E-state index contributed by atoms with van der Waals surface area (Å²) in [4.78, 5) is 31.0. The summed E-state index contributed by atoms with van der Waals surface area (Å²) >= 11 is 1.56. The molecule has 2 amide bonds. The van der Waals surface area contributed by atoms with Gasteiger partial charge in [0.15, 0.2) is 4.96 Å². The Balaban J connectivity index is 1.46. The first-order valence-electron chi connectivity index (χ1n) is 7.78. The summed E-state index contributed by atoms with van der Waals surface area (Å²) in [5, 5.41) is 4.86. The van der Waals surface area contributed by atoms with Crippen molar-refractivity contribution in [3.05, 3.63) is 23.5 Å². The van der Waals surface area contributed by atoms with Crippen molar-refractivity contribution in [3.63, 3.8) is 0 Å². The number of hydrogen-bond donors (Lipinski definition) is 1. The van der Waals surface area contributed by atoms with Gasteiger partial charge < -0.3 is 15.0 Å². The van der Waals surface area contributed by atoms with Gasteiger partial charge in [0.2, 0.25) is 0 Å². The van der Waals surface area contributed by atoms with Gasteiger partial charge in [0.05, 0.1) is 24.8 Å². The SMILES string of the molecule is CCOC(=O)C1CCN(C(=O)NCc2cn3ccsc3n2)CC1. The van der Waals surface area contributed by atoms with Gasteiger partial charge in [-0.1, -0.05) is 0 Å². The van der Waals surface area contributed by atoms with Crippen LogP contribution in [0.3, 0.4) is 0 Å². The van der Waals surface area contributed by atoms with Crippen LogP contribution in [0.5, 0.6) is 0 Å². The Hall–Kier alpha value is -2.09. The van der Waals surface area contributed by atoms with E-state index in [1.807, 2.05) is 22.2 Å². The monoisotopic (exact) mass is 336 g/mol. The lowest BCUT2D eigenvalue weighted by molar-refractivity contribution is -0.149. The molecular weight excluding hydrogens is 316 g/mol. The molecule has 0 atom stereocenters. The molecule has 1 aliphatic rings. The largest absolute Gasteiger partial charge is 0.466 e. The van der Waals surface area contributed by atoms with Crippen molar-refractivity contribution in [2.45, 2.75) is 26.3 Å². The number of urea groups is 1. The number of imidazole rings is 1. The van der Waals surface area contributed by atoms with Gasteiger partial charge in [0, 0.05) is 30.9 Å². The summed E-state index contributed by atoms with van der Waals surface area (Å²) in [6.07, 6.45) is 5.18. The summed E-state index contributed by atoms with van der Waals surface area (Å²) < 4.78 is 6.98. The Bertz CT molecular complexity index is 659. The number of rotatable bonds is 4. The molecule has 7 nitrogen and oxygen atoms in total. The molecule has 0 radical (unpaired) electrons. The molecule has 0 spiro atoms. The number of nitrogens with one attached hydrogen (secondary N) is 1. The number of nitrogens with zero attached hydrogens (tertiary/aromatic N) is 3. The Kier molecular flexibility index (Phi) is 4.80. The average molecular weight is 336 g/mol. The van der Waals surface area contributed by atoms with Crippen LogP contribution in [-0.2, 0) is 16.1 Å². The molecule has 2 aromatic heterocycles. The summed E-state index contributed by atoms with van der Waals surface area (Å²) in [7, 11) is 0. The smallest absolute Gasteiger partial charge is 0.317 e. The first-order valence-corrected chi connectivity index (χ1v) is 8.66. The van der Waals surface area contributed by atoms with Crippen molar-refractivity contribution >= 4 is 28.3 Å². The molecule has 2 aromatic rings. The minimum atomic E-state index is -0.148. The van der Waals surface area contributed by atoms with Crippen LogP contribution in [0.1, 0.15) is 25.5 Å². The number of esters is 1. The number of amides is 2. The summed E-state index contributed by atoms with van der Waals surface area (Å²) in [6.45, 7) is 3.77. The molecule has 1 aliphatic heterocycles. The van der Waals surface area contributed by atoms with Gasteiger partial charge in [0.25, 0.3) is 0 Å². The molecule has 3 heterocycles. The van der Waals surface area contributed by atoms with Crippen LogP contribution in [0.4, 0.5) is 4.79 Å². The molecule has 0 unspecified atom stereocenters. The van der Waals surface area contributed by atoms with E-state index in [1.165, 1.54) is 0 Å². The Labute approximate surface area is 138 Å². The van der Waals surface area contributed by atoms with E-state index in [4.69, 9.17) is 4.74 Å². The number of carbonyl (C=O) groups excluding carboxylic acids is 2. The van der Waals surface area contributed by atoms with Crippen molar-refractivity contribution < 1.29 is 14.3 Å². The van der Waals surface area contributed by atoms with Crippen LogP contribution in [-0.4, -0.2) is 46.0 Å². The van der Waals surface area contributed by atoms with E-state index < -0.39 is 0 Å². The van der Waals surface area contributed by atoms with Crippen LogP contribution >= 0.6 is 11.3 Å². The summed E-state index contributed by atoms with van der Waals surface area (Å²) in [5.74, 6) is -0.232. The highest BCUT2D eigenvalue weighted by molar-refractivity contribution is 7.15. The normalized spacial score (nSPS) is 15.8. The average Bonchev–Trinajstić information content (AvgIpc) is 3.14. The lowest BCUT2D eigenvalue weighted by atomic mass is 9.97. The maximum Gasteiger partial charge on any atom is 0.317 e. The fourth-order valence-corrected chi connectivity index (χ4v) is 3.44.